The summed E-state index contributed by atoms with van der Waals surface area (Å²) in [6.07, 6.45) is 0. The quantitative estimate of drug-likeness (QED) is 0.907. The highest BCUT2D eigenvalue weighted by molar-refractivity contribution is 9.10. The van der Waals surface area contributed by atoms with E-state index in [2.05, 4.69) is 31.4 Å². The summed E-state index contributed by atoms with van der Waals surface area (Å²) in [5, 5.41) is 11.5. The molecular formula is C13H14BrN3OS. The molecule has 1 fully saturated rings. The number of halogens is 1. The van der Waals surface area contributed by atoms with Gasteiger partial charge in [-0.1, -0.05) is 15.9 Å². The molecule has 0 radical (unpaired) electrons. The van der Waals surface area contributed by atoms with Gasteiger partial charge in [-0.25, -0.2) is 0 Å². The van der Waals surface area contributed by atoms with Gasteiger partial charge in [0.2, 0.25) is 11.8 Å². The van der Waals surface area contributed by atoms with E-state index >= 15 is 0 Å². The van der Waals surface area contributed by atoms with E-state index in [1.807, 2.05) is 36.0 Å². The third-order valence-corrected chi connectivity index (χ3v) is 4.69. The zero-order chi connectivity index (χ0) is 13.1. The molecule has 0 unspecified atom stereocenters. The van der Waals surface area contributed by atoms with E-state index in [0.29, 0.717) is 11.8 Å². The zero-order valence-electron chi connectivity index (χ0n) is 10.3. The summed E-state index contributed by atoms with van der Waals surface area (Å²) in [6, 6.07) is 7.87. The van der Waals surface area contributed by atoms with Crippen LogP contribution in [0.1, 0.15) is 5.89 Å². The molecule has 0 aliphatic carbocycles. The second-order valence-electron chi connectivity index (χ2n) is 4.55. The number of thioether (sulfide) groups is 1. The third kappa shape index (κ3) is 3.38. The number of benzene rings is 1. The first kappa shape index (κ1) is 13.1. The topological polar surface area (TPSA) is 51.0 Å². The minimum Gasteiger partial charge on any atom is -0.420 e. The Morgan fingerprint density at radius 3 is 2.74 bits per heavy atom. The highest BCUT2D eigenvalue weighted by Crippen LogP contribution is 2.22. The van der Waals surface area contributed by atoms with Gasteiger partial charge in [-0.15, -0.1) is 10.2 Å². The van der Waals surface area contributed by atoms with E-state index in [0.717, 1.165) is 40.5 Å². The number of nitrogens with one attached hydrogen (secondary N) is 1. The standard InChI is InChI=1S/C13H14BrN3OS/c14-11-3-1-10(2-4-11)13-17-16-12(18-13)8-19-7-9-5-15-6-9/h1-4,9,15H,5-8H2. The first-order valence-electron chi connectivity index (χ1n) is 6.18. The molecule has 2 aromatic rings. The van der Waals surface area contributed by atoms with E-state index < -0.39 is 0 Å². The Morgan fingerprint density at radius 1 is 1.26 bits per heavy atom. The molecule has 1 aliphatic rings. The van der Waals surface area contributed by atoms with Crippen LogP contribution in [0.3, 0.4) is 0 Å². The van der Waals surface area contributed by atoms with Crippen molar-refractivity contribution < 1.29 is 4.42 Å². The minimum atomic E-state index is 0.591. The van der Waals surface area contributed by atoms with Gasteiger partial charge in [0.15, 0.2) is 0 Å². The average Bonchev–Trinajstić information content (AvgIpc) is 2.82. The number of hydrogen-bond donors (Lipinski definition) is 1. The summed E-state index contributed by atoms with van der Waals surface area (Å²) in [5.74, 6) is 4.05. The fraction of sp³-hybridized carbons (Fsp3) is 0.385. The van der Waals surface area contributed by atoms with Crippen molar-refractivity contribution in [3.05, 3.63) is 34.6 Å². The van der Waals surface area contributed by atoms with Gasteiger partial charge in [0.25, 0.3) is 0 Å². The predicted molar refractivity (Wildman–Crippen MR) is 80.0 cm³/mol. The molecule has 1 aromatic carbocycles. The second kappa shape index (κ2) is 6.07. The van der Waals surface area contributed by atoms with E-state index in [9.17, 15) is 0 Å². The van der Waals surface area contributed by atoms with E-state index in [4.69, 9.17) is 4.42 Å². The fourth-order valence-electron chi connectivity index (χ4n) is 1.80. The number of rotatable bonds is 5. The number of nitrogens with zero attached hydrogens (tertiary/aromatic N) is 2. The van der Waals surface area contributed by atoms with Crippen LogP contribution in [0.4, 0.5) is 0 Å². The lowest BCUT2D eigenvalue weighted by Gasteiger charge is -2.26. The monoisotopic (exact) mass is 339 g/mol. The summed E-state index contributed by atoms with van der Waals surface area (Å²) in [4.78, 5) is 0. The van der Waals surface area contributed by atoms with Crippen LogP contribution < -0.4 is 5.32 Å². The number of hydrogen-bond acceptors (Lipinski definition) is 5. The lowest BCUT2D eigenvalue weighted by Crippen LogP contribution is -2.43. The molecule has 1 saturated heterocycles. The molecule has 100 valence electrons. The van der Waals surface area contributed by atoms with Crippen LogP contribution in [0.2, 0.25) is 0 Å². The molecule has 1 aromatic heterocycles. The Bertz CT molecular complexity index is 539. The summed E-state index contributed by atoms with van der Waals surface area (Å²) in [6.45, 7) is 2.28. The second-order valence-corrected chi connectivity index (χ2v) is 6.49. The lowest BCUT2D eigenvalue weighted by molar-refractivity contribution is 0.385. The van der Waals surface area contributed by atoms with Crippen molar-refractivity contribution in [3.8, 4) is 11.5 Å². The predicted octanol–water partition coefficient (Wildman–Crippen LogP) is 2.95. The van der Waals surface area contributed by atoms with Crippen molar-refractivity contribution in [2.45, 2.75) is 5.75 Å². The van der Waals surface area contributed by atoms with E-state index in [1.54, 1.807) is 0 Å². The van der Waals surface area contributed by atoms with Crippen LogP contribution in [-0.2, 0) is 5.75 Å². The molecule has 0 atom stereocenters. The Balaban J connectivity index is 1.57. The fourth-order valence-corrected chi connectivity index (χ4v) is 3.04. The largest absolute Gasteiger partial charge is 0.420 e. The molecule has 0 bridgehead atoms. The summed E-state index contributed by atoms with van der Waals surface area (Å²) >= 11 is 5.27. The van der Waals surface area contributed by atoms with Crippen LogP contribution >= 0.6 is 27.7 Å². The molecule has 4 nitrogen and oxygen atoms in total. The molecule has 0 spiro atoms. The van der Waals surface area contributed by atoms with Gasteiger partial charge in [0, 0.05) is 10.0 Å². The maximum atomic E-state index is 5.67. The Labute approximate surface area is 124 Å². The Hall–Kier alpha value is -0.850. The molecule has 6 heteroatoms. The van der Waals surface area contributed by atoms with Gasteiger partial charge in [-0.05, 0) is 49.0 Å². The van der Waals surface area contributed by atoms with Crippen LogP contribution in [0.15, 0.2) is 33.2 Å². The first-order chi connectivity index (χ1) is 9.31. The van der Waals surface area contributed by atoms with Gasteiger partial charge in [0.05, 0.1) is 5.75 Å². The SMILES string of the molecule is Brc1ccc(-c2nnc(CSCC3CNC3)o2)cc1. The highest BCUT2D eigenvalue weighted by Gasteiger charge is 2.17. The Kier molecular flexibility index (Phi) is 4.20. The molecule has 1 aliphatic heterocycles. The van der Waals surface area contributed by atoms with Gasteiger partial charge in [0.1, 0.15) is 0 Å². The maximum absolute atomic E-state index is 5.67. The summed E-state index contributed by atoms with van der Waals surface area (Å²) in [7, 11) is 0. The summed E-state index contributed by atoms with van der Waals surface area (Å²) < 4.78 is 6.71. The van der Waals surface area contributed by atoms with Gasteiger partial charge in [-0.3, -0.25) is 0 Å². The maximum Gasteiger partial charge on any atom is 0.247 e. The van der Waals surface area contributed by atoms with E-state index in [1.165, 1.54) is 0 Å². The Morgan fingerprint density at radius 2 is 2.05 bits per heavy atom. The zero-order valence-corrected chi connectivity index (χ0v) is 12.7. The van der Waals surface area contributed by atoms with Crippen molar-refractivity contribution in [2.24, 2.45) is 5.92 Å². The van der Waals surface area contributed by atoms with Crippen molar-refractivity contribution >= 4 is 27.7 Å². The minimum absolute atomic E-state index is 0.591. The average molecular weight is 340 g/mol. The molecular weight excluding hydrogens is 326 g/mol. The van der Waals surface area contributed by atoms with Crippen molar-refractivity contribution in [1.82, 2.24) is 15.5 Å². The van der Waals surface area contributed by atoms with Crippen molar-refractivity contribution in [1.29, 1.82) is 0 Å². The van der Waals surface area contributed by atoms with Crippen LogP contribution in [-0.4, -0.2) is 29.0 Å². The van der Waals surface area contributed by atoms with Crippen LogP contribution in [0.5, 0.6) is 0 Å². The molecule has 19 heavy (non-hydrogen) atoms. The molecule has 0 saturated carbocycles. The highest BCUT2D eigenvalue weighted by atomic mass is 79.9. The smallest absolute Gasteiger partial charge is 0.247 e. The van der Waals surface area contributed by atoms with E-state index in [-0.39, 0.29) is 0 Å². The normalized spacial score (nSPS) is 15.4. The van der Waals surface area contributed by atoms with Crippen LogP contribution in [0.25, 0.3) is 11.5 Å². The van der Waals surface area contributed by atoms with Crippen LogP contribution in [0, 0.1) is 5.92 Å². The van der Waals surface area contributed by atoms with Gasteiger partial charge < -0.3 is 9.73 Å². The van der Waals surface area contributed by atoms with Gasteiger partial charge >= 0.3 is 0 Å². The molecule has 2 heterocycles. The summed E-state index contributed by atoms with van der Waals surface area (Å²) in [5.41, 5.74) is 0.954. The first-order valence-corrected chi connectivity index (χ1v) is 8.13. The molecule has 3 rings (SSSR count). The van der Waals surface area contributed by atoms with Crippen molar-refractivity contribution in [2.75, 3.05) is 18.8 Å². The molecule has 1 N–H and O–H groups in total. The third-order valence-electron chi connectivity index (χ3n) is 3.00. The van der Waals surface area contributed by atoms with Crippen molar-refractivity contribution in [3.63, 3.8) is 0 Å². The molecule has 0 amide bonds. The number of aromatic nitrogens is 2. The lowest BCUT2D eigenvalue weighted by atomic mass is 10.1. The van der Waals surface area contributed by atoms with Gasteiger partial charge in [-0.2, -0.15) is 11.8 Å².